The van der Waals surface area contributed by atoms with Gasteiger partial charge in [0, 0.05) is 0 Å². The minimum absolute atomic E-state index is 0.0591. The number of aromatic amines is 1. The van der Waals surface area contributed by atoms with Gasteiger partial charge in [-0.1, -0.05) is 12.1 Å². The molecule has 1 aliphatic heterocycles. The van der Waals surface area contributed by atoms with Crippen LogP contribution in [0.5, 0.6) is 0 Å². The summed E-state index contributed by atoms with van der Waals surface area (Å²) in [7, 11) is 0. The minimum atomic E-state index is -0.0591. The van der Waals surface area contributed by atoms with Crippen LogP contribution in [0.25, 0.3) is 10.9 Å². The summed E-state index contributed by atoms with van der Waals surface area (Å²) in [6, 6.07) is 7.62. The third kappa shape index (κ3) is 2.84. The van der Waals surface area contributed by atoms with Crippen molar-refractivity contribution in [2.75, 3.05) is 13.1 Å². The Labute approximate surface area is 124 Å². The predicted molar refractivity (Wildman–Crippen MR) is 81.5 cm³/mol. The first kappa shape index (κ1) is 14.2. The lowest BCUT2D eigenvalue weighted by molar-refractivity contribution is -0.944. The van der Waals surface area contributed by atoms with Crippen molar-refractivity contribution in [3.8, 4) is 0 Å². The predicted octanol–water partition coefficient (Wildman–Crippen LogP) is 0.676. The Morgan fingerprint density at radius 1 is 1.29 bits per heavy atom. The van der Waals surface area contributed by atoms with E-state index in [1.165, 1.54) is 4.90 Å². The van der Waals surface area contributed by atoms with Crippen LogP contribution in [0.2, 0.25) is 0 Å². The van der Waals surface area contributed by atoms with Crippen LogP contribution in [0.4, 0.5) is 0 Å². The van der Waals surface area contributed by atoms with E-state index in [4.69, 9.17) is 4.74 Å². The van der Waals surface area contributed by atoms with E-state index in [0.717, 1.165) is 24.4 Å². The molecule has 0 spiro atoms. The average molecular weight is 288 g/mol. The summed E-state index contributed by atoms with van der Waals surface area (Å²) in [5, 5.41) is 0.646. The zero-order valence-electron chi connectivity index (χ0n) is 12.7. The molecule has 0 bridgehead atoms. The van der Waals surface area contributed by atoms with Gasteiger partial charge in [0.1, 0.15) is 31.3 Å². The van der Waals surface area contributed by atoms with Crippen molar-refractivity contribution in [1.29, 1.82) is 0 Å². The minimum Gasteiger partial charge on any atom is -0.364 e. The molecule has 1 fully saturated rings. The Bertz CT molecular complexity index is 687. The number of nitrogens with one attached hydrogen (secondary N) is 2. The van der Waals surface area contributed by atoms with E-state index in [2.05, 4.69) is 30.7 Å². The lowest BCUT2D eigenvalue weighted by Gasteiger charge is -2.35. The summed E-state index contributed by atoms with van der Waals surface area (Å²) in [5.74, 6) is 0.759. The van der Waals surface area contributed by atoms with E-state index in [1.54, 1.807) is 6.07 Å². The van der Waals surface area contributed by atoms with Crippen molar-refractivity contribution in [3.05, 3.63) is 40.4 Å². The highest BCUT2D eigenvalue weighted by Gasteiger charge is 2.31. The fraction of sp³-hybridized carbons (Fsp3) is 0.500. The van der Waals surface area contributed by atoms with E-state index in [1.807, 2.05) is 18.2 Å². The van der Waals surface area contributed by atoms with Crippen LogP contribution in [0.1, 0.15) is 32.6 Å². The smallest absolute Gasteiger partial charge is 0.258 e. The highest BCUT2D eigenvalue weighted by atomic mass is 16.5. The molecular weight excluding hydrogens is 266 g/mol. The number of para-hydroxylation sites is 1. The standard InChI is InChI=1S/C16H21N3O2/c1-10-8-19(9-11(2)21-10)12(3)15-17-14-7-5-4-6-13(14)16(20)18-15/h4-7,10-12H,8-9H2,1-3H3,(H,17,18,20)/p+1/t10-,11-,12+/m1/s1. The first-order valence-corrected chi connectivity index (χ1v) is 7.53. The summed E-state index contributed by atoms with van der Waals surface area (Å²) in [4.78, 5) is 21.2. The van der Waals surface area contributed by atoms with Crippen molar-refractivity contribution in [3.63, 3.8) is 0 Å². The number of hydrogen-bond acceptors (Lipinski definition) is 3. The Balaban J connectivity index is 1.94. The van der Waals surface area contributed by atoms with Crippen molar-refractivity contribution in [1.82, 2.24) is 9.97 Å². The Kier molecular flexibility index (Phi) is 3.78. The normalized spacial score (nSPS) is 27.7. The van der Waals surface area contributed by atoms with Crippen molar-refractivity contribution >= 4 is 10.9 Å². The SMILES string of the molecule is C[C@@H]1C[NH+]([C@@H](C)c2nc3ccccc3c(=O)[nH]2)C[C@@H](C)O1. The summed E-state index contributed by atoms with van der Waals surface area (Å²) >= 11 is 0. The number of nitrogens with zero attached hydrogens (tertiary/aromatic N) is 1. The second-order valence-electron chi connectivity index (χ2n) is 6.01. The summed E-state index contributed by atoms with van der Waals surface area (Å²) < 4.78 is 5.78. The number of aromatic nitrogens is 2. The fourth-order valence-electron chi connectivity index (χ4n) is 3.17. The molecule has 0 unspecified atom stereocenters. The maximum atomic E-state index is 12.2. The molecule has 1 aromatic heterocycles. The van der Waals surface area contributed by atoms with Gasteiger partial charge in [0.25, 0.3) is 5.56 Å². The van der Waals surface area contributed by atoms with Crippen LogP contribution >= 0.6 is 0 Å². The van der Waals surface area contributed by atoms with Crippen molar-refractivity contribution in [2.24, 2.45) is 0 Å². The van der Waals surface area contributed by atoms with Gasteiger partial charge in [-0.15, -0.1) is 0 Å². The molecule has 0 saturated carbocycles. The molecule has 0 amide bonds. The highest BCUT2D eigenvalue weighted by Crippen LogP contribution is 2.10. The highest BCUT2D eigenvalue weighted by molar-refractivity contribution is 5.77. The number of hydrogen-bond donors (Lipinski definition) is 2. The molecule has 5 nitrogen and oxygen atoms in total. The largest absolute Gasteiger partial charge is 0.364 e. The lowest BCUT2D eigenvalue weighted by Crippen LogP contribution is -3.15. The van der Waals surface area contributed by atoms with Crippen LogP contribution in [-0.2, 0) is 4.74 Å². The molecule has 0 radical (unpaired) electrons. The quantitative estimate of drug-likeness (QED) is 0.854. The van der Waals surface area contributed by atoms with Crippen LogP contribution in [0.3, 0.4) is 0 Å². The maximum absolute atomic E-state index is 12.2. The molecule has 21 heavy (non-hydrogen) atoms. The Hall–Kier alpha value is -1.72. The second kappa shape index (κ2) is 5.58. The number of H-pyrrole nitrogens is 1. The number of benzene rings is 1. The Morgan fingerprint density at radius 3 is 2.67 bits per heavy atom. The molecule has 1 saturated heterocycles. The summed E-state index contributed by atoms with van der Waals surface area (Å²) in [5.41, 5.74) is 0.702. The van der Waals surface area contributed by atoms with Crippen LogP contribution in [-0.4, -0.2) is 35.3 Å². The molecule has 5 heteroatoms. The number of ether oxygens (including phenoxy) is 1. The van der Waals surface area contributed by atoms with Crippen molar-refractivity contribution < 1.29 is 9.64 Å². The zero-order chi connectivity index (χ0) is 15.0. The van der Waals surface area contributed by atoms with Gasteiger partial charge in [0.15, 0.2) is 5.82 Å². The zero-order valence-corrected chi connectivity index (χ0v) is 12.7. The van der Waals surface area contributed by atoms with E-state index in [9.17, 15) is 4.79 Å². The van der Waals surface area contributed by atoms with E-state index in [-0.39, 0.29) is 23.8 Å². The van der Waals surface area contributed by atoms with E-state index in [0.29, 0.717) is 5.39 Å². The van der Waals surface area contributed by atoms with Gasteiger partial charge in [-0.25, -0.2) is 4.98 Å². The number of morpholine rings is 1. The van der Waals surface area contributed by atoms with Gasteiger partial charge < -0.3 is 14.6 Å². The molecule has 3 atom stereocenters. The number of rotatable bonds is 2. The third-order valence-electron chi connectivity index (χ3n) is 4.22. The lowest BCUT2D eigenvalue weighted by atomic mass is 10.1. The first-order valence-electron chi connectivity index (χ1n) is 7.53. The molecule has 2 N–H and O–H groups in total. The van der Waals surface area contributed by atoms with Gasteiger partial charge in [-0.05, 0) is 32.9 Å². The number of quaternary nitrogens is 1. The van der Waals surface area contributed by atoms with Crippen LogP contribution in [0.15, 0.2) is 29.1 Å². The van der Waals surface area contributed by atoms with E-state index >= 15 is 0 Å². The molecule has 1 aromatic carbocycles. The van der Waals surface area contributed by atoms with Crippen LogP contribution in [0, 0.1) is 0 Å². The maximum Gasteiger partial charge on any atom is 0.258 e. The molecule has 112 valence electrons. The van der Waals surface area contributed by atoms with Crippen LogP contribution < -0.4 is 10.5 Å². The van der Waals surface area contributed by atoms with Gasteiger partial charge in [0.05, 0.1) is 10.9 Å². The summed E-state index contributed by atoms with van der Waals surface area (Å²) in [6.45, 7) is 8.18. The molecule has 2 heterocycles. The monoisotopic (exact) mass is 288 g/mol. The average Bonchev–Trinajstić information content (AvgIpc) is 2.45. The molecule has 1 aliphatic rings. The molecule has 0 aliphatic carbocycles. The van der Waals surface area contributed by atoms with E-state index < -0.39 is 0 Å². The van der Waals surface area contributed by atoms with Gasteiger partial charge in [-0.3, -0.25) is 4.79 Å². The van der Waals surface area contributed by atoms with Crippen molar-refractivity contribution in [2.45, 2.75) is 39.0 Å². The second-order valence-corrected chi connectivity index (χ2v) is 6.01. The topological polar surface area (TPSA) is 59.4 Å². The van der Waals surface area contributed by atoms with Gasteiger partial charge in [-0.2, -0.15) is 0 Å². The Morgan fingerprint density at radius 2 is 1.95 bits per heavy atom. The first-order chi connectivity index (χ1) is 10.0. The fourth-order valence-corrected chi connectivity index (χ4v) is 3.17. The summed E-state index contributed by atoms with van der Waals surface area (Å²) in [6.07, 6.45) is 0.469. The third-order valence-corrected chi connectivity index (χ3v) is 4.22. The van der Waals surface area contributed by atoms with Gasteiger partial charge >= 0.3 is 0 Å². The number of fused-ring (bicyclic) bond motifs is 1. The van der Waals surface area contributed by atoms with Gasteiger partial charge in [0.2, 0.25) is 0 Å². The molecular formula is C16H22N3O2+. The molecule has 2 aromatic rings. The molecule has 3 rings (SSSR count).